The molecule has 0 aromatic carbocycles. The number of halogens is 3. The molecule has 0 bridgehead atoms. The zero-order valence-electron chi connectivity index (χ0n) is 9.05. The van der Waals surface area contributed by atoms with E-state index in [1.54, 1.807) is 27.7 Å². The van der Waals surface area contributed by atoms with Gasteiger partial charge in [0.2, 0.25) is 0 Å². The zero-order chi connectivity index (χ0) is 10.9. The summed E-state index contributed by atoms with van der Waals surface area (Å²) in [5.74, 6) is 0. The Bertz CT molecular complexity index is 169. The van der Waals surface area contributed by atoms with Crippen LogP contribution in [0, 0.1) is 10.8 Å². The van der Waals surface area contributed by atoms with Gasteiger partial charge in [-0.25, -0.2) is 0 Å². The van der Waals surface area contributed by atoms with Crippen LogP contribution in [0.5, 0.6) is 0 Å². The number of hydrogen-bond acceptors (Lipinski definition) is 0. The van der Waals surface area contributed by atoms with E-state index in [9.17, 15) is 13.2 Å². The van der Waals surface area contributed by atoms with Crippen molar-refractivity contribution in [2.24, 2.45) is 10.8 Å². The SMILES string of the molecule is CCC(C)(C)C(C)(CC)C(F)(F)F. The second-order valence-corrected chi connectivity index (χ2v) is 4.42. The van der Waals surface area contributed by atoms with Crippen LogP contribution in [0.3, 0.4) is 0 Å². The maximum atomic E-state index is 12.8. The largest absolute Gasteiger partial charge is 0.394 e. The Morgan fingerprint density at radius 2 is 1.23 bits per heavy atom. The minimum Gasteiger partial charge on any atom is -0.170 e. The molecule has 0 rings (SSSR count). The summed E-state index contributed by atoms with van der Waals surface area (Å²) in [4.78, 5) is 0. The van der Waals surface area contributed by atoms with Gasteiger partial charge in [0.15, 0.2) is 0 Å². The molecule has 1 atom stereocenters. The maximum Gasteiger partial charge on any atom is 0.394 e. The fraction of sp³-hybridized carbons (Fsp3) is 1.00. The first-order valence-corrected chi connectivity index (χ1v) is 4.69. The molecular weight excluding hydrogens is 177 g/mol. The first kappa shape index (κ1) is 12.8. The van der Waals surface area contributed by atoms with E-state index < -0.39 is 17.0 Å². The van der Waals surface area contributed by atoms with Crippen LogP contribution in [0.1, 0.15) is 47.5 Å². The van der Waals surface area contributed by atoms with Gasteiger partial charge in [0, 0.05) is 0 Å². The van der Waals surface area contributed by atoms with Crippen molar-refractivity contribution >= 4 is 0 Å². The fourth-order valence-electron chi connectivity index (χ4n) is 1.45. The molecule has 0 amide bonds. The molecule has 0 N–H and O–H groups in total. The minimum absolute atomic E-state index is 0.136. The molecule has 0 fully saturated rings. The van der Waals surface area contributed by atoms with E-state index in [4.69, 9.17) is 0 Å². The predicted molar refractivity (Wildman–Crippen MR) is 48.5 cm³/mol. The number of hydrogen-bond donors (Lipinski definition) is 0. The predicted octanol–water partition coefficient (Wildman–Crippen LogP) is 4.40. The summed E-state index contributed by atoms with van der Waals surface area (Å²) < 4.78 is 38.4. The van der Waals surface area contributed by atoms with E-state index in [0.29, 0.717) is 6.42 Å². The van der Waals surface area contributed by atoms with Crippen LogP contribution in [0.25, 0.3) is 0 Å². The van der Waals surface area contributed by atoms with Crippen molar-refractivity contribution in [2.75, 3.05) is 0 Å². The zero-order valence-corrected chi connectivity index (χ0v) is 9.05. The van der Waals surface area contributed by atoms with E-state index in [1.807, 2.05) is 0 Å². The molecule has 13 heavy (non-hydrogen) atoms. The standard InChI is InChI=1S/C10H19F3/c1-6-8(3,4)9(5,7-2)10(11,12)13/h6-7H2,1-5H3. The molecule has 0 saturated carbocycles. The van der Waals surface area contributed by atoms with Gasteiger partial charge in [-0.1, -0.05) is 41.0 Å². The lowest BCUT2D eigenvalue weighted by Crippen LogP contribution is -2.46. The summed E-state index contributed by atoms with van der Waals surface area (Å²) in [5.41, 5.74) is -2.27. The lowest BCUT2D eigenvalue weighted by atomic mass is 9.63. The molecule has 0 radical (unpaired) electrons. The summed E-state index contributed by atoms with van der Waals surface area (Å²) in [5, 5.41) is 0. The second kappa shape index (κ2) is 3.50. The Labute approximate surface area is 78.5 Å². The van der Waals surface area contributed by atoms with Gasteiger partial charge in [0.25, 0.3) is 0 Å². The highest BCUT2D eigenvalue weighted by Gasteiger charge is 2.57. The van der Waals surface area contributed by atoms with Crippen molar-refractivity contribution in [3.05, 3.63) is 0 Å². The lowest BCUT2D eigenvalue weighted by molar-refractivity contribution is -0.255. The van der Waals surface area contributed by atoms with Crippen molar-refractivity contribution in [1.82, 2.24) is 0 Å². The Morgan fingerprint density at radius 1 is 0.846 bits per heavy atom. The topological polar surface area (TPSA) is 0 Å². The number of rotatable bonds is 3. The molecule has 0 aliphatic rings. The van der Waals surface area contributed by atoms with E-state index in [2.05, 4.69) is 0 Å². The first-order valence-electron chi connectivity index (χ1n) is 4.69. The van der Waals surface area contributed by atoms with Crippen molar-refractivity contribution in [1.29, 1.82) is 0 Å². The minimum atomic E-state index is -4.11. The average Bonchev–Trinajstić information content (AvgIpc) is 2.00. The Kier molecular flexibility index (Phi) is 3.45. The van der Waals surface area contributed by atoms with E-state index in [0.717, 1.165) is 0 Å². The molecule has 3 heteroatoms. The quantitative estimate of drug-likeness (QED) is 0.627. The average molecular weight is 196 g/mol. The van der Waals surface area contributed by atoms with Crippen LogP contribution in [-0.4, -0.2) is 6.18 Å². The highest BCUT2D eigenvalue weighted by atomic mass is 19.4. The molecule has 0 saturated heterocycles. The molecule has 0 heterocycles. The van der Waals surface area contributed by atoms with Gasteiger partial charge in [-0.2, -0.15) is 13.2 Å². The van der Waals surface area contributed by atoms with Crippen LogP contribution >= 0.6 is 0 Å². The fourth-order valence-corrected chi connectivity index (χ4v) is 1.45. The van der Waals surface area contributed by atoms with Crippen molar-refractivity contribution < 1.29 is 13.2 Å². The molecule has 0 nitrogen and oxygen atoms in total. The van der Waals surface area contributed by atoms with Crippen molar-refractivity contribution in [2.45, 2.75) is 53.6 Å². The molecule has 0 aromatic heterocycles. The first-order chi connectivity index (χ1) is 5.62. The van der Waals surface area contributed by atoms with Gasteiger partial charge < -0.3 is 0 Å². The van der Waals surface area contributed by atoms with Gasteiger partial charge in [0.1, 0.15) is 0 Å². The van der Waals surface area contributed by atoms with Crippen LogP contribution in [0.2, 0.25) is 0 Å². The summed E-state index contributed by atoms with van der Waals surface area (Å²) in [6.45, 7) is 8.09. The third-order valence-corrected chi connectivity index (χ3v) is 3.71. The maximum absolute atomic E-state index is 12.8. The van der Waals surface area contributed by atoms with Crippen molar-refractivity contribution in [3.63, 3.8) is 0 Å². The third-order valence-electron chi connectivity index (χ3n) is 3.71. The third kappa shape index (κ3) is 2.00. The molecule has 0 aromatic rings. The Morgan fingerprint density at radius 3 is 1.31 bits per heavy atom. The smallest absolute Gasteiger partial charge is 0.170 e. The van der Waals surface area contributed by atoms with E-state index in [-0.39, 0.29) is 6.42 Å². The van der Waals surface area contributed by atoms with Gasteiger partial charge in [-0.3, -0.25) is 0 Å². The molecule has 1 unspecified atom stereocenters. The van der Waals surface area contributed by atoms with Gasteiger partial charge in [0.05, 0.1) is 5.41 Å². The molecule has 80 valence electrons. The molecule has 0 aliphatic heterocycles. The highest BCUT2D eigenvalue weighted by molar-refractivity contribution is 4.93. The summed E-state index contributed by atoms with van der Waals surface area (Å²) >= 11 is 0. The lowest BCUT2D eigenvalue weighted by Gasteiger charge is -2.44. The summed E-state index contributed by atoms with van der Waals surface area (Å²) in [7, 11) is 0. The van der Waals surface area contributed by atoms with Crippen LogP contribution in [0.15, 0.2) is 0 Å². The van der Waals surface area contributed by atoms with Gasteiger partial charge in [-0.15, -0.1) is 0 Å². The van der Waals surface area contributed by atoms with Gasteiger partial charge in [-0.05, 0) is 11.8 Å². The molecule has 0 aliphatic carbocycles. The van der Waals surface area contributed by atoms with Crippen LogP contribution < -0.4 is 0 Å². The van der Waals surface area contributed by atoms with Gasteiger partial charge >= 0.3 is 6.18 Å². The Hall–Kier alpha value is -0.210. The molecular formula is C10H19F3. The van der Waals surface area contributed by atoms with E-state index >= 15 is 0 Å². The number of alkyl halides is 3. The summed E-state index contributed by atoms with van der Waals surface area (Å²) in [6.07, 6.45) is -3.44. The van der Waals surface area contributed by atoms with Crippen LogP contribution in [-0.2, 0) is 0 Å². The second-order valence-electron chi connectivity index (χ2n) is 4.42. The van der Waals surface area contributed by atoms with Crippen LogP contribution in [0.4, 0.5) is 13.2 Å². The van der Waals surface area contributed by atoms with Crippen molar-refractivity contribution in [3.8, 4) is 0 Å². The Balaban J connectivity index is 5.06. The normalized spacial score (nSPS) is 18.5. The molecule has 0 spiro atoms. The summed E-state index contributed by atoms with van der Waals surface area (Å²) in [6, 6.07) is 0. The monoisotopic (exact) mass is 196 g/mol. The van der Waals surface area contributed by atoms with E-state index in [1.165, 1.54) is 6.92 Å². The highest BCUT2D eigenvalue weighted by Crippen LogP contribution is 2.54.